The molecule has 140 valence electrons. The van der Waals surface area contributed by atoms with E-state index in [1.165, 1.54) is 0 Å². The molecule has 0 bridgehead atoms. The van der Waals surface area contributed by atoms with Gasteiger partial charge in [-0.3, -0.25) is 10.2 Å². The fourth-order valence-corrected chi connectivity index (χ4v) is 2.47. The van der Waals surface area contributed by atoms with E-state index in [0.29, 0.717) is 19.6 Å². The molecule has 0 saturated heterocycles. The molecule has 7 nitrogen and oxygen atoms in total. The Labute approximate surface area is 150 Å². The maximum atomic E-state index is 12.1. The summed E-state index contributed by atoms with van der Waals surface area (Å²) in [6.45, 7) is 6.91. The highest BCUT2D eigenvalue weighted by molar-refractivity contribution is 5.81. The molecule has 1 aromatic carbocycles. The number of ether oxygens (including phenoxy) is 1. The van der Waals surface area contributed by atoms with Crippen LogP contribution in [-0.4, -0.2) is 37.1 Å². The van der Waals surface area contributed by atoms with Crippen molar-refractivity contribution in [3.05, 3.63) is 29.3 Å². The fraction of sp³-hybridized carbons (Fsp3) is 0.556. The Kier molecular flexibility index (Phi) is 8.77. The van der Waals surface area contributed by atoms with Gasteiger partial charge in [0.05, 0.1) is 12.1 Å². The standard InChI is InChI=1S/C18H31N5O2/c1-12-7-6-8-13(2)16(12)25-11-14(3)23-17(24)15(19)9-4-5-10-22-18(20)21/h6-8,14-15H,4-5,9-11,19H2,1-3H3,(H,23,24)(H4,20,21,22)/t14?,15-/m0/s1. The number of para-hydroxylation sites is 1. The number of amides is 1. The quantitative estimate of drug-likeness (QED) is 0.246. The number of benzene rings is 1. The molecule has 7 N–H and O–H groups in total. The van der Waals surface area contributed by atoms with Gasteiger partial charge in [-0.05, 0) is 51.2 Å². The Bertz CT molecular complexity index is 556. The first-order valence-corrected chi connectivity index (χ1v) is 8.64. The minimum absolute atomic E-state index is 0.0419. The van der Waals surface area contributed by atoms with Crippen molar-refractivity contribution in [3.8, 4) is 5.75 Å². The molecule has 0 heterocycles. The summed E-state index contributed by atoms with van der Waals surface area (Å²) in [7, 11) is 0. The van der Waals surface area contributed by atoms with E-state index in [1.54, 1.807) is 0 Å². The van der Waals surface area contributed by atoms with Crippen LogP contribution >= 0.6 is 0 Å². The van der Waals surface area contributed by atoms with Gasteiger partial charge in [0.25, 0.3) is 0 Å². The second kappa shape index (κ2) is 10.6. The van der Waals surface area contributed by atoms with Gasteiger partial charge < -0.3 is 26.8 Å². The molecule has 0 aliphatic rings. The van der Waals surface area contributed by atoms with Gasteiger partial charge in [-0.2, -0.15) is 0 Å². The predicted molar refractivity (Wildman–Crippen MR) is 101 cm³/mol. The zero-order valence-corrected chi connectivity index (χ0v) is 15.4. The van der Waals surface area contributed by atoms with Gasteiger partial charge in [-0.1, -0.05) is 18.2 Å². The lowest BCUT2D eigenvalue weighted by molar-refractivity contribution is -0.123. The summed E-state index contributed by atoms with van der Waals surface area (Å²) in [6.07, 6.45) is 2.20. The molecule has 0 fully saturated rings. The molecule has 7 heteroatoms. The van der Waals surface area contributed by atoms with Crippen LogP contribution in [0, 0.1) is 19.3 Å². The molecule has 0 aliphatic heterocycles. The van der Waals surface area contributed by atoms with Crippen LogP contribution < -0.4 is 26.8 Å². The van der Waals surface area contributed by atoms with Crippen molar-refractivity contribution < 1.29 is 9.53 Å². The lowest BCUT2D eigenvalue weighted by Gasteiger charge is -2.19. The fourth-order valence-electron chi connectivity index (χ4n) is 2.47. The van der Waals surface area contributed by atoms with E-state index in [1.807, 2.05) is 39.0 Å². The van der Waals surface area contributed by atoms with Gasteiger partial charge >= 0.3 is 0 Å². The third kappa shape index (κ3) is 7.89. The monoisotopic (exact) mass is 349 g/mol. The second-order valence-electron chi connectivity index (χ2n) is 6.38. The zero-order valence-electron chi connectivity index (χ0n) is 15.4. The summed E-state index contributed by atoms with van der Waals surface area (Å²) in [6, 6.07) is 5.33. The van der Waals surface area contributed by atoms with Crippen LogP contribution in [-0.2, 0) is 4.79 Å². The van der Waals surface area contributed by atoms with Crippen molar-refractivity contribution in [3.63, 3.8) is 0 Å². The van der Waals surface area contributed by atoms with Crippen LogP contribution in [0.5, 0.6) is 5.75 Å². The smallest absolute Gasteiger partial charge is 0.237 e. The number of guanidine groups is 1. The molecule has 1 amide bonds. The number of carbonyl (C=O) groups is 1. The van der Waals surface area contributed by atoms with Crippen LogP contribution in [0.25, 0.3) is 0 Å². The lowest BCUT2D eigenvalue weighted by Crippen LogP contribution is -2.46. The number of carbonyl (C=O) groups excluding carboxylic acids is 1. The Morgan fingerprint density at radius 2 is 1.92 bits per heavy atom. The highest BCUT2D eigenvalue weighted by Gasteiger charge is 2.16. The molecular formula is C18H31N5O2. The van der Waals surface area contributed by atoms with Gasteiger partial charge in [-0.25, -0.2) is 0 Å². The molecule has 0 radical (unpaired) electrons. The van der Waals surface area contributed by atoms with Crippen LogP contribution in [0.3, 0.4) is 0 Å². The topological polar surface area (TPSA) is 126 Å². The first-order chi connectivity index (χ1) is 11.8. The number of aryl methyl sites for hydroxylation is 2. The average Bonchev–Trinajstić information content (AvgIpc) is 2.53. The summed E-state index contributed by atoms with van der Waals surface area (Å²) in [5.41, 5.74) is 13.3. The molecule has 1 aromatic rings. The second-order valence-corrected chi connectivity index (χ2v) is 6.38. The highest BCUT2D eigenvalue weighted by Crippen LogP contribution is 2.22. The van der Waals surface area contributed by atoms with Crippen molar-refractivity contribution in [1.82, 2.24) is 10.6 Å². The molecule has 2 atom stereocenters. The number of hydrogen-bond donors (Lipinski definition) is 5. The molecule has 1 rings (SSSR count). The number of unbranched alkanes of at least 4 members (excludes halogenated alkanes) is 1. The maximum Gasteiger partial charge on any atom is 0.237 e. The van der Waals surface area contributed by atoms with Crippen molar-refractivity contribution in [2.45, 2.75) is 52.1 Å². The van der Waals surface area contributed by atoms with Crippen molar-refractivity contribution >= 4 is 11.9 Å². The minimum Gasteiger partial charge on any atom is -0.491 e. The molecule has 0 spiro atoms. The Morgan fingerprint density at radius 1 is 1.28 bits per heavy atom. The lowest BCUT2D eigenvalue weighted by atomic mass is 10.1. The van der Waals surface area contributed by atoms with E-state index in [0.717, 1.165) is 29.7 Å². The first-order valence-electron chi connectivity index (χ1n) is 8.64. The van der Waals surface area contributed by atoms with Gasteiger partial charge in [0.15, 0.2) is 5.96 Å². The minimum atomic E-state index is -0.542. The SMILES string of the molecule is Cc1cccc(C)c1OCC(C)NC(=O)[C@@H](N)CCCCNC(=N)N. The normalized spacial score (nSPS) is 13.0. The summed E-state index contributed by atoms with van der Waals surface area (Å²) in [5, 5.41) is 12.7. The van der Waals surface area contributed by atoms with E-state index in [9.17, 15) is 4.79 Å². The Morgan fingerprint density at radius 3 is 2.52 bits per heavy atom. The predicted octanol–water partition coefficient (Wildman–Crippen LogP) is 1.17. The van der Waals surface area contributed by atoms with Crippen LogP contribution in [0.4, 0.5) is 0 Å². The van der Waals surface area contributed by atoms with E-state index in [-0.39, 0.29) is 17.9 Å². The third-order valence-corrected chi connectivity index (χ3v) is 3.87. The number of hydrogen-bond acceptors (Lipinski definition) is 4. The van der Waals surface area contributed by atoms with Crippen LogP contribution in [0.15, 0.2) is 18.2 Å². The van der Waals surface area contributed by atoms with Crippen molar-refractivity contribution in [1.29, 1.82) is 5.41 Å². The molecule has 0 saturated carbocycles. The van der Waals surface area contributed by atoms with Gasteiger partial charge in [0.1, 0.15) is 12.4 Å². The largest absolute Gasteiger partial charge is 0.491 e. The summed E-state index contributed by atoms with van der Waals surface area (Å²) in [4.78, 5) is 12.1. The zero-order chi connectivity index (χ0) is 18.8. The van der Waals surface area contributed by atoms with E-state index in [2.05, 4.69) is 10.6 Å². The van der Waals surface area contributed by atoms with E-state index in [4.69, 9.17) is 21.6 Å². The van der Waals surface area contributed by atoms with Crippen LogP contribution in [0.1, 0.15) is 37.3 Å². The van der Waals surface area contributed by atoms with Gasteiger partial charge in [-0.15, -0.1) is 0 Å². The van der Waals surface area contributed by atoms with Crippen molar-refractivity contribution in [2.24, 2.45) is 11.5 Å². The average molecular weight is 349 g/mol. The molecule has 0 aromatic heterocycles. The van der Waals surface area contributed by atoms with E-state index >= 15 is 0 Å². The molecule has 0 aliphatic carbocycles. The van der Waals surface area contributed by atoms with Crippen LogP contribution in [0.2, 0.25) is 0 Å². The summed E-state index contributed by atoms with van der Waals surface area (Å²) >= 11 is 0. The first kappa shape index (κ1) is 20.8. The van der Waals surface area contributed by atoms with Gasteiger partial charge in [0.2, 0.25) is 5.91 Å². The van der Waals surface area contributed by atoms with E-state index < -0.39 is 6.04 Å². The molecule has 1 unspecified atom stereocenters. The summed E-state index contributed by atoms with van der Waals surface area (Å²) in [5.74, 6) is 0.655. The van der Waals surface area contributed by atoms with Crippen molar-refractivity contribution in [2.75, 3.05) is 13.2 Å². The highest BCUT2D eigenvalue weighted by atomic mass is 16.5. The Balaban J connectivity index is 2.29. The number of nitrogens with one attached hydrogen (secondary N) is 3. The third-order valence-electron chi connectivity index (χ3n) is 3.87. The van der Waals surface area contributed by atoms with Gasteiger partial charge in [0, 0.05) is 6.54 Å². The Hall–Kier alpha value is -2.28. The molecular weight excluding hydrogens is 318 g/mol. The number of nitrogens with two attached hydrogens (primary N) is 2. The summed E-state index contributed by atoms with van der Waals surface area (Å²) < 4.78 is 5.85. The number of rotatable bonds is 10. The molecule has 25 heavy (non-hydrogen) atoms. The maximum absolute atomic E-state index is 12.1.